The van der Waals surface area contributed by atoms with E-state index >= 15 is 0 Å². The van der Waals surface area contributed by atoms with Gasteiger partial charge in [-0.2, -0.15) is 0 Å². The second kappa shape index (κ2) is 11.3. The number of nitrogens with zero attached hydrogens (tertiary/aromatic N) is 1. The third kappa shape index (κ3) is 4.72. The van der Waals surface area contributed by atoms with Crippen LogP contribution in [0.3, 0.4) is 0 Å². The molecule has 0 saturated heterocycles. The van der Waals surface area contributed by atoms with Gasteiger partial charge in [0.2, 0.25) is 0 Å². The first-order valence-electron chi connectivity index (χ1n) is 16.8. The zero-order valence-electron chi connectivity index (χ0n) is 26.5. The van der Waals surface area contributed by atoms with Crippen LogP contribution in [0.4, 0.5) is 5.69 Å². The van der Waals surface area contributed by atoms with E-state index < -0.39 is 0 Å². The number of aromatic nitrogens is 1. The average molecular weight is 605 g/mol. The topological polar surface area (TPSA) is 17.0 Å². The molecular formula is C45H36N2. The molecule has 2 heteroatoms. The first kappa shape index (κ1) is 27.7. The standard InChI is InChI=1S/C45H36N2/c1-30-37-13-2-3-14-38(37)33-11-10-12-34(29-33)45(30)41-17-4-7-18-42(41)46-35-25-21-31(22-26-35)32-23-27-36(28-24-32)47-43-19-8-5-15-39(43)40-16-6-9-20-44(40)47/h2-17,19-28,30,42,46H,18,29H2,1H3. The quantitative estimate of drug-likeness (QED) is 0.207. The van der Waals surface area contributed by atoms with Crippen molar-refractivity contribution >= 4 is 33.1 Å². The fraction of sp³-hybridized carbons (Fsp3) is 0.111. The summed E-state index contributed by atoms with van der Waals surface area (Å²) >= 11 is 0. The molecule has 5 aromatic carbocycles. The van der Waals surface area contributed by atoms with Gasteiger partial charge in [-0.05, 0) is 93.8 Å². The highest BCUT2D eigenvalue weighted by Crippen LogP contribution is 2.46. The molecule has 3 aliphatic rings. The van der Waals surface area contributed by atoms with Crippen LogP contribution in [0.15, 0.2) is 175 Å². The Bertz CT molecular complexity index is 2270. The van der Waals surface area contributed by atoms with E-state index in [1.165, 1.54) is 72.0 Å². The number of anilines is 1. The molecule has 9 rings (SSSR count). The lowest BCUT2D eigenvalue weighted by atomic mass is 9.80. The van der Waals surface area contributed by atoms with Crippen LogP contribution in [0.5, 0.6) is 0 Å². The van der Waals surface area contributed by atoms with Crippen LogP contribution >= 0.6 is 0 Å². The van der Waals surface area contributed by atoms with Gasteiger partial charge < -0.3 is 9.88 Å². The summed E-state index contributed by atoms with van der Waals surface area (Å²) in [5.41, 5.74) is 15.8. The molecule has 2 atom stereocenters. The zero-order valence-corrected chi connectivity index (χ0v) is 26.5. The molecule has 0 radical (unpaired) electrons. The minimum Gasteiger partial charge on any atom is -0.378 e. The maximum atomic E-state index is 3.91. The third-order valence-corrected chi connectivity index (χ3v) is 10.3. The van der Waals surface area contributed by atoms with Gasteiger partial charge in [0.15, 0.2) is 0 Å². The van der Waals surface area contributed by atoms with Crippen molar-refractivity contribution in [2.45, 2.75) is 31.7 Å². The normalized spacial score (nSPS) is 18.6. The molecule has 2 bridgehead atoms. The number of allylic oxidation sites excluding steroid dienone is 7. The predicted molar refractivity (Wildman–Crippen MR) is 199 cm³/mol. The summed E-state index contributed by atoms with van der Waals surface area (Å²) in [7, 11) is 0. The molecule has 1 N–H and O–H groups in total. The second-order valence-electron chi connectivity index (χ2n) is 13.0. The predicted octanol–water partition coefficient (Wildman–Crippen LogP) is 11.6. The molecule has 0 fully saturated rings. The van der Waals surface area contributed by atoms with Crippen molar-refractivity contribution in [3.63, 3.8) is 0 Å². The van der Waals surface area contributed by atoms with Gasteiger partial charge in [-0.3, -0.25) is 0 Å². The van der Waals surface area contributed by atoms with E-state index in [9.17, 15) is 0 Å². The molecule has 2 nitrogen and oxygen atoms in total. The molecule has 47 heavy (non-hydrogen) atoms. The highest BCUT2D eigenvalue weighted by atomic mass is 15.0. The molecular weight excluding hydrogens is 569 g/mol. The zero-order chi connectivity index (χ0) is 31.3. The van der Waals surface area contributed by atoms with Crippen LogP contribution in [-0.4, -0.2) is 10.6 Å². The lowest BCUT2D eigenvalue weighted by Gasteiger charge is -2.30. The minimum absolute atomic E-state index is 0.217. The van der Waals surface area contributed by atoms with Gasteiger partial charge in [-0.25, -0.2) is 0 Å². The van der Waals surface area contributed by atoms with Crippen molar-refractivity contribution in [3.8, 4) is 16.8 Å². The SMILES string of the molecule is CC1C(C2=CC=CCC2Nc2ccc(-c3ccc(-n4c5ccccc5c5ccccc54)cc3)cc2)=C2C=CC=C(C2)c2ccccc21. The number of hydrogen-bond acceptors (Lipinski definition) is 1. The van der Waals surface area contributed by atoms with E-state index in [0.717, 1.165) is 18.5 Å². The summed E-state index contributed by atoms with van der Waals surface area (Å²) in [6.07, 6.45) is 15.7. The summed E-state index contributed by atoms with van der Waals surface area (Å²) in [4.78, 5) is 0. The van der Waals surface area contributed by atoms with Crippen LogP contribution in [0, 0.1) is 0 Å². The van der Waals surface area contributed by atoms with Gasteiger partial charge in [0.05, 0.1) is 17.1 Å². The van der Waals surface area contributed by atoms with E-state index in [2.05, 4.69) is 175 Å². The number of nitrogens with one attached hydrogen (secondary N) is 1. The third-order valence-electron chi connectivity index (χ3n) is 10.3. The number of rotatable bonds is 5. The number of hydrogen-bond donors (Lipinski definition) is 1. The Labute approximate surface area is 276 Å². The smallest absolute Gasteiger partial charge is 0.0551 e. The van der Waals surface area contributed by atoms with Crippen molar-refractivity contribution < 1.29 is 0 Å². The highest BCUT2D eigenvalue weighted by Gasteiger charge is 2.30. The molecule has 6 aromatic rings. The van der Waals surface area contributed by atoms with E-state index in [1.54, 1.807) is 0 Å². The van der Waals surface area contributed by atoms with Crippen LogP contribution in [0.1, 0.15) is 36.8 Å². The van der Waals surface area contributed by atoms with Crippen molar-refractivity contribution in [1.29, 1.82) is 0 Å². The number of benzene rings is 5. The van der Waals surface area contributed by atoms with E-state index in [4.69, 9.17) is 0 Å². The Kier molecular flexibility index (Phi) is 6.67. The maximum Gasteiger partial charge on any atom is 0.0551 e. The summed E-state index contributed by atoms with van der Waals surface area (Å²) in [6, 6.07) is 44.5. The average Bonchev–Trinajstić information content (AvgIpc) is 3.44. The second-order valence-corrected chi connectivity index (χ2v) is 13.0. The first-order chi connectivity index (χ1) is 23.2. The Morgan fingerprint density at radius 2 is 1.32 bits per heavy atom. The van der Waals surface area contributed by atoms with Crippen LogP contribution in [-0.2, 0) is 0 Å². The first-order valence-corrected chi connectivity index (χ1v) is 16.8. The van der Waals surface area contributed by atoms with E-state index in [0.29, 0.717) is 5.92 Å². The lowest BCUT2D eigenvalue weighted by molar-refractivity contribution is 0.785. The molecule has 0 saturated carbocycles. The van der Waals surface area contributed by atoms with Crippen molar-refractivity contribution in [3.05, 3.63) is 186 Å². The molecule has 0 aliphatic heterocycles. The summed E-state index contributed by atoms with van der Waals surface area (Å²) in [6.45, 7) is 2.38. The van der Waals surface area contributed by atoms with Gasteiger partial charge in [0, 0.05) is 28.1 Å². The van der Waals surface area contributed by atoms with Gasteiger partial charge in [-0.15, -0.1) is 0 Å². The number of fused-ring (bicyclic) bond motifs is 7. The molecule has 1 aromatic heterocycles. The Morgan fingerprint density at radius 1 is 0.660 bits per heavy atom. The Hall–Kier alpha value is -5.60. The monoisotopic (exact) mass is 604 g/mol. The molecule has 226 valence electrons. The molecule has 2 unspecified atom stereocenters. The summed E-state index contributed by atoms with van der Waals surface area (Å²) in [5, 5.41) is 6.48. The Morgan fingerprint density at radius 3 is 2.06 bits per heavy atom. The lowest BCUT2D eigenvalue weighted by Crippen LogP contribution is -2.26. The highest BCUT2D eigenvalue weighted by molar-refractivity contribution is 6.09. The van der Waals surface area contributed by atoms with Crippen LogP contribution in [0.25, 0.3) is 44.2 Å². The van der Waals surface area contributed by atoms with Crippen LogP contribution in [0.2, 0.25) is 0 Å². The summed E-state index contributed by atoms with van der Waals surface area (Å²) in [5.74, 6) is 0.324. The van der Waals surface area contributed by atoms with Crippen molar-refractivity contribution in [2.24, 2.45) is 0 Å². The van der Waals surface area contributed by atoms with Gasteiger partial charge >= 0.3 is 0 Å². The maximum absolute atomic E-state index is 3.91. The van der Waals surface area contributed by atoms with E-state index in [-0.39, 0.29) is 6.04 Å². The largest absolute Gasteiger partial charge is 0.378 e. The van der Waals surface area contributed by atoms with Gasteiger partial charge in [-0.1, -0.05) is 128 Å². The van der Waals surface area contributed by atoms with E-state index in [1.807, 2.05) is 0 Å². The Balaban J connectivity index is 0.986. The van der Waals surface area contributed by atoms with Gasteiger partial charge in [0.25, 0.3) is 0 Å². The molecule has 1 heterocycles. The molecule has 3 aliphatic carbocycles. The van der Waals surface area contributed by atoms with Crippen LogP contribution < -0.4 is 5.32 Å². The summed E-state index contributed by atoms with van der Waals surface area (Å²) < 4.78 is 2.37. The fourth-order valence-electron chi connectivity index (χ4n) is 8.02. The van der Waals surface area contributed by atoms with Crippen molar-refractivity contribution in [1.82, 2.24) is 4.57 Å². The van der Waals surface area contributed by atoms with Gasteiger partial charge in [0.1, 0.15) is 0 Å². The molecule has 0 amide bonds. The minimum atomic E-state index is 0.217. The van der Waals surface area contributed by atoms with Crippen molar-refractivity contribution in [2.75, 3.05) is 5.32 Å². The molecule has 0 spiro atoms. The number of para-hydroxylation sites is 2. The fourth-order valence-corrected chi connectivity index (χ4v) is 8.02.